The normalized spacial score (nSPS) is 17.3. The first-order valence-electron chi connectivity index (χ1n) is 6.92. The van der Waals surface area contributed by atoms with Crippen molar-refractivity contribution in [1.29, 1.82) is 0 Å². The highest BCUT2D eigenvalue weighted by Crippen LogP contribution is 2.31. The van der Waals surface area contributed by atoms with Gasteiger partial charge in [0.2, 0.25) is 0 Å². The predicted molar refractivity (Wildman–Crippen MR) is 71.5 cm³/mol. The van der Waals surface area contributed by atoms with Crippen molar-refractivity contribution in [1.82, 2.24) is 4.57 Å². The highest BCUT2D eigenvalue weighted by Gasteiger charge is 2.19. The van der Waals surface area contributed by atoms with Gasteiger partial charge in [-0.25, -0.2) is 0 Å². The van der Waals surface area contributed by atoms with E-state index in [-0.39, 0.29) is 5.56 Å². The molecule has 1 aliphatic carbocycles. The standard InChI is InChI=1S/C15H23NO/c1-3-7-12-10-14(15(17)16(2)11-12)13-8-5-4-6-9-13/h10-11,13H,3-9H2,1-2H3. The summed E-state index contributed by atoms with van der Waals surface area (Å²) in [6.45, 7) is 2.19. The van der Waals surface area contributed by atoms with Gasteiger partial charge in [0.25, 0.3) is 5.56 Å². The number of pyridine rings is 1. The lowest BCUT2D eigenvalue weighted by atomic mass is 9.84. The topological polar surface area (TPSA) is 22.0 Å². The first kappa shape index (κ1) is 12.4. The van der Waals surface area contributed by atoms with Gasteiger partial charge in [0, 0.05) is 18.8 Å². The summed E-state index contributed by atoms with van der Waals surface area (Å²) < 4.78 is 1.77. The molecule has 0 saturated heterocycles. The molecule has 94 valence electrons. The fourth-order valence-electron chi connectivity index (χ4n) is 2.94. The minimum Gasteiger partial charge on any atom is -0.318 e. The summed E-state index contributed by atoms with van der Waals surface area (Å²) >= 11 is 0. The maximum absolute atomic E-state index is 12.2. The van der Waals surface area contributed by atoms with Crippen LogP contribution >= 0.6 is 0 Å². The second-order valence-corrected chi connectivity index (χ2v) is 5.30. The van der Waals surface area contributed by atoms with Gasteiger partial charge in [-0.1, -0.05) is 32.6 Å². The molecule has 0 aromatic carbocycles. The average Bonchev–Trinajstić information content (AvgIpc) is 2.35. The molecule has 1 aliphatic rings. The number of hydrogen-bond acceptors (Lipinski definition) is 1. The monoisotopic (exact) mass is 233 g/mol. The zero-order valence-corrected chi connectivity index (χ0v) is 11.0. The van der Waals surface area contributed by atoms with Crippen LogP contribution in [0.1, 0.15) is 62.5 Å². The van der Waals surface area contributed by atoms with Crippen molar-refractivity contribution in [3.63, 3.8) is 0 Å². The van der Waals surface area contributed by atoms with Crippen LogP contribution < -0.4 is 5.56 Å². The van der Waals surface area contributed by atoms with Crippen molar-refractivity contribution < 1.29 is 0 Å². The maximum atomic E-state index is 12.2. The third-order valence-corrected chi connectivity index (χ3v) is 3.85. The number of aromatic nitrogens is 1. The van der Waals surface area contributed by atoms with Crippen LogP contribution in [0.15, 0.2) is 17.1 Å². The van der Waals surface area contributed by atoms with Crippen molar-refractivity contribution in [2.24, 2.45) is 7.05 Å². The number of nitrogens with zero attached hydrogens (tertiary/aromatic N) is 1. The first-order chi connectivity index (χ1) is 8.22. The van der Waals surface area contributed by atoms with Crippen LogP contribution in [-0.4, -0.2) is 4.57 Å². The minimum absolute atomic E-state index is 0.219. The van der Waals surface area contributed by atoms with Gasteiger partial charge in [0.1, 0.15) is 0 Å². The van der Waals surface area contributed by atoms with Crippen LogP contribution in [-0.2, 0) is 13.5 Å². The number of hydrogen-bond donors (Lipinski definition) is 0. The fourth-order valence-corrected chi connectivity index (χ4v) is 2.94. The largest absolute Gasteiger partial charge is 0.318 e. The molecule has 0 bridgehead atoms. The minimum atomic E-state index is 0.219. The molecule has 1 fully saturated rings. The zero-order chi connectivity index (χ0) is 12.3. The molecule has 0 N–H and O–H groups in total. The zero-order valence-electron chi connectivity index (χ0n) is 11.0. The van der Waals surface area contributed by atoms with E-state index in [1.54, 1.807) is 4.57 Å². The molecule has 2 heteroatoms. The average molecular weight is 233 g/mol. The Kier molecular flexibility index (Phi) is 4.03. The van der Waals surface area contributed by atoms with Crippen molar-refractivity contribution in [3.05, 3.63) is 33.7 Å². The fraction of sp³-hybridized carbons (Fsp3) is 0.667. The van der Waals surface area contributed by atoms with Gasteiger partial charge in [0.15, 0.2) is 0 Å². The lowest BCUT2D eigenvalue weighted by molar-refractivity contribution is 0.439. The summed E-state index contributed by atoms with van der Waals surface area (Å²) in [5.74, 6) is 0.513. The van der Waals surface area contributed by atoms with E-state index in [9.17, 15) is 4.79 Å². The lowest BCUT2D eigenvalue weighted by Gasteiger charge is -2.22. The van der Waals surface area contributed by atoms with Crippen LogP contribution in [0.5, 0.6) is 0 Å². The quantitative estimate of drug-likeness (QED) is 0.784. The lowest BCUT2D eigenvalue weighted by Crippen LogP contribution is -2.24. The molecule has 2 rings (SSSR count). The van der Waals surface area contributed by atoms with E-state index in [1.165, 1.54) is 37.7 Å². The van der Waals surface area contributed by atoms with E-state index in [0.717, 1.165) is 18.4 Å². The molecule has 0 aliphatic heterocycles. The molecule has 1 saturated carbocycles. The highest BCUT2D eigenvalue weighted by atomic mass is 16.1. The molecule has 0 amide bonds. The van der Waals surface area contributed by atoms with Crippen molar-refractivity contribution in [3.8, 4) is 0 Å². The van der Waals surface area contributed by atoms with Gasteiger partial charge in [-0.2, -0.15) is 0 Å². The Hall–Kier alpha value is -1.05. The molecule has 0 unspecified atom stereocenters. The Morgan fingerprint density at radius 3 is 2.65 bits per heavy atom. The van der Waals surface area contributed by atoms with E-state index >= 15 is 0 Å². The second-order valence-electron chi connectivity index (χ2n) is 5.30. The van der Waals surface area contributed by atoms with Crippen molar-refractivity contribution in [2.45, 2.75) is 57.8 Å². The summed E-state index contributed by atoms with van der Waals surface area (Å²) in [4.78, 5) is 12.2. The molecule has 1 aromatic rings. The van der Waals surface area contributed by atoms with Gasteiger partial charge in [-0.15, -0.1) is 0 Å². The number of rotatable bonds is 3. The molecular weight excluding hydrogens is 210 g/mol. The molecule has 2 nitrogen and oxygen atoms in total. The van der Waals surface area contributed by atoms with E-state index in [4.69, 9.17) is 0 Å². The van der Waals surface area contributed by atoms with Gasteiger partial charge in [0.05, 0.1) is 0 Å². The smallest absolute Gasteiger partial charge is 0.253 e. The summed E-state index contributed by atoms with van der Waals surface area (Å²) in [5.41, 5.74) is 2.60. The maximum Gasteiger partial charge on any atom is 0.253 e. The molecule has 0 spiro atoms. The summed E-state index contributed by atoms with van der Waals surface area (Å²) in [5, 5.41) is 0. The SMILES string of the molecule is CCCc1cc(C2CCCCC2)c(=O)n(C)c1. The Morgan fingerprint density at radius 1 is 1.29 bits per heavy atom. The molecule has 1 heterocycles. The summed E-state index contributed by atoms with van der Waals surface area (Å²) in [6, 6.07) is 2.17. The van der Waals surface area contributed by atoms with E-state index in [1.807, 2.05) is 13.2 Å². The molecular formula is C15H23NO. The first-order valence-corrected chi connectivity index (χ1v) is 6.92. The molecule has 0 atom stereocenters. The Balaban J connectivity index is 2.33. The van der Waals surface area contributed by atoms with E-state index in [0.29, 0.717) is 5.92 Å². The Morgan fingerprint density at radius 2 is 2.00 bits per heavy atom. The van der Waals surface area contributed by atoms with Gasteiger partial charge < -0.3 is 4.57 Å². The van der Waals surface area contributed by atoms with Gasteiger partial charge in [-0.05, 0) is 36.8 Å². The van der Waals surface area contributed by atoms with Crippen LogP contribution in [0.2, 0.25) is 0 Å². The van der Waals surface area contributed by atoms with Crippen LogP contribution in [0, 0.1) is 0 Å². The summed E-state index contributed by atoms with van der Waals surface area (Å²) in [7, 11) is 1.88. The third-order valence-electron chi connectivity index (χ3n) is 3.85. The highest BCUT2D eigenvalue weighted by molar-refractivity contribution is 5.23. The van der Waals surface area contributed by atoms with Crippen molar-refractivity contribution >= 4 is 0 Å². The predicted octanol–water partition coefficient (Wildman–Crippen LogP) is 3.39. The molecule has 1 aromatic heterocycles. The Labute approximate surface area is 104 Å². The second kappa shape index (κ2) is 5.52. The van der Waals surface area contributed by atoms with E-state index in [2.05, 4.69) is 13.0 Å². The van der Waals surface area contributed by atoms with E-state index < -0.39 is 0 Å². The van der Waals surface area contributed by atoms with Crippen LogP contribution in [0.25, 0.3) is 0 Å². The van der Waals surface area contributed by atoms with Crippen LogP contribution in [0.4, 0.5) is 0 Å². The van der Waals surface area contributed by atoms with Crippen molar-refractivity contribution in [2.75, 3.05) is 0 Å². The summed E-state index contributed by atoms with van der Waals surface area (Å²) in [6.07, 6.45) is 10.5. The van der Waals surface area contributed by atoms with Crippen LogP contribution in [0.3, 0.4) is 0 Å². The molecule has 17 heavy (non-hydrogen) atoms. The van der Waals surface area contributed by atoms with Gasteiger partial charge in [-0.3, -0.25) is 4.79 Å². The third kappa shape index (κ3) is 2.80. The number of aryl methyl sites for hydroxylation is 2. The Bertz CT molecular complexity index is 427. The van der Waals surface area contributed by atoms with Gasteiger partial charge >= 0.3 is 0 Å². The molecule has 0 radical (unpaired) electrons.